The van der Waals surface area contributed by atoms with Gasteiger partial charge in [0, 0.05) is 12.6 Å². The van der Waals surface area contributed by atoms with Gasteiger partial charge >= 0.3 is 0 Å². The van der Waals surface area contributed by atoms with Crippen molar-refractivity contribution in [1.82, 2.24) is 9.80 Å². The van der Waals surface area contributed by atoms with E-state index in [1.54, 1.807) is 0 Å². The minimum absolute atomic E-state index is 0.390. The number of hydrogen-bond acceptors (Lipinski definition) is 2. The second kappa shape index (κ2) is 3.66. The maximum absolute atomic E-state index is 5.28. The molecular formula is C8H14N2S2. The molecule has 0 saturated carbocycles. The van der Waals surface area contributed by atoms with E-state index in [0.29, 0.717) is 6.04 Å². The van der Waals surface area contributed by atoms with E-state index >= 15 is 0 Å². The van der Waals surface area contributed by atoms with Crippen LogP contribution in [0.15, 0.2) is 0 Å². The van der Waals surface area contributed by atoms with Crippen LogP contribution in [0, 0.1) is 0 Å². The fourth-order valence-corrected chi connectivity index (χ4v) is 2.35. The van der Waals surface area contributed by atoms with Gasteiger partial charge in [-0.25, -0.2) is 0 Å². The van der Waals surface area contributed by atoms with Gasteiger partial charge in [-0.15, -0.1) is 0 Å². The Balaban J connectivity index is 2.77. The van der Waals surface area contributed by atoms with Crippen LogP contribution in [0.3, 0.4) is 0 Å². The number of thiocarbonyl (C=S) groups is 2. The molecule has 12 heavy (non-hydrogen) atoms. The predicted molar refractivity (Wildman–Crippen MR) is 59.4 cm³/mol. The summed E-state index contributed by atoms with van der Waals surface area (Å²) in [5, 5.41) is 0.887. The van der Waals surface area contributed by atoms with E-state index in [-0.39, 0.29) is 0 Å². The van der Waals surface area contributed by atoms with E-state index < -0.39 is 0 Å². The molecule has 1 fully saturated rings. The molecule has 0 aromatic rings. The van der Waals surface area contributed by atoms with E-state index in [1.807, 2.05) is 4.90 Å². The van der Waals surface area contributed by atoms with Gasteiger partial charge < -0.3 is 9.80 Å². The van der Waals surface area contributed by atoms with Crippen molar-refractivity contribution >= 4 is 34.5 Å². The SMILES string of the molecule is CCN1CC(=S)N(C(C)C)C1=S. The zero-order valence-electron chi connectivity index (χ0n) is 7.70. The Morgan fingerprint density at radius 1 is 1.42 bits per heavy atom. The summed E-state index contributed by atoms with van der Waals surface area (Å²) in [7, 11) is 0. The molecule has 1 aliphatic heterocycles. The quantitative estimate of drug-likeness (QED) is 0.628. The highest BCUT2D eigenvalue weighted by atomic mass is 32.1. The van der Waals surface area contributed by atoms with E-state index in [9.17, 15) is 0 Å². The fourth-order valence-electron chi connectivity index (χ4n) is 1.32. The van der Waals surface area contributed by atoms with Crippen molar-refractivity contribution in [2.75, 3.05) is 13.1 Å². The second-order valence-electron chi connectivity index (χ2n) is 3.15. The summed E-state index contributed by atoms with van der Waals surface area (Å²) < 4.78 is 0. The summed E-state index contributed by atoms with van der Waals surface area (Å²) in [5.74, 6) is 0. The van der Waals surface area contributed by atoms with E-state index in [2.05, 4.69) is 25.7 Å². The van der Waals surface area contributed by atoms with Gasteiger partial charge in [-0.2, -0.15) is 0 Å². The van der Waals surface area contributed by atoms with Gasteiger partial charge in [0.05, 0.1) is 6.54 Å². The molecule has 0 atom stereocenters. The molecule has 0 unspecified atom stereocenters. The lowest BCUT2D eigenvalue weighted by atomic mass is 10.3. The van der Waals surface area contributed by atoms with Crippen LogP contribution in [0.2, 0.25) is 0 Å². The summed E-state index contributed by atoms with van der Waals surface area (Å²) >= 11 is 10.5. The van der Waals surface area contributed by atoms with Crippen molar-refractivity contribution in [3.8, 4) is 0 Å². The Hall–Kier alpha value is -0.220. The van der Waals surface area contributed by atoms with Crippen LogP contribution < -0.4 is 0 Å². The minimum atomic E-state index is 0.390. The molecule has 0 spiro atoms. The first kappa shape index (κ1) is 9.86. The van der Waals surface area contributed by atoms with E-state index in [0.717, 1.165) is 23.2 Å². The Bertz CT molecular complexity index is 213. The third-order valence-electron chi connectivity index (χ3n) is 1.97. The van der Waals surface area contributed by atoms with Crippen molar-refractivity contribution in [3.63, 3.8) is 0 Å². The van der Waals surface area contributed by atoms with Crippen LogP contribution in [0.25, 0.3) is 0 Å². The van der Waals surface area contributed by atoms with Crippen LogP contribution in [0.5, 0.6) is 0 Å². The molecule has 68 valence electrons. The topological polar surface area (TPSA) is 6.48 Å². The predicted octanol–water partition coefficient (Wildman–Crippen LogP) is 1.64. The van der Waals surface area contributed by atoms with Crippen molar-refractivity contribution in [1.29, 1.82) is 0 Å². The molecule has 1 saturated heterocycles. The first-order chi connectivity index (χ1) is 5.57. The molecular weight excluding hydrogens is 188 g/mol. The molecule has 1 aliphatic rings. The minimum Gasteiger partial charge on any atom is -0.342 e. The number of likely N-dealkylation sites (N-methyl/N-ethyl adjacent to an activating group) is 1. The molecule has 1 rings (SSSR count). The molecule has 0 radical (unpaired) electrons. The number of rotatable bonds is 2. The van der Waals surface area contributed by atoms with Gasteiger partial charge in [0.25, 0.3) is 0 Å². The Morgan fingerprint density at radius 2 is 2.00 bits per heavy atom. The molecule has 0 N–H and O–H groups in total. The Morgan fingerprint density at radius 3 is 2.25 bits per heavy atom. The average Bonchev–Trinajstić information content (AvgIpc) is 2.25. The van der Waals surface area contributed by atoms with Gasteiger partial charge in [-0.1, -0.05) is 12.2 Å². The van der Waals surface area contributed by atoms with Gasteiger partial charge in [-0.05, 0) is 33.0 Å². The van der Waals surface area contributed by atoms with E-state index in [4.69, 9.17) is 24.4 Å². The van der Waals surface area contributed by atoms with Crippen LogP contribution in [-0.2, 0) is 0 Å². The Labute approximate surface area is 84.5 Å². The maximum Gasteiger partial charge on any atom is 0.177 e. The fraction of sp³-hybridized carbons (Fsp3) is 0.750. The highest BCUT2D eigenvalue weighted by Gasteiger charge is 2.29. The third kappa shape index (κ3) is 1.59. The number of nitrogens with zero attached hydrogens (tertiary/aromatic N) is 2. The van der Waals surface area contributed by atoms with Gasteiger partial charge in [0.2, 0.25) is 0 Å². The summed E-state index contributed by atoms with van der Waals surface area (Å²) in [6.07, 6.45) is 0. The molecule has 0 aliphatic carbocycles. The largest absolute Gasteiger partial charge is 0.342 e. The summed E-state index contributed by atoms with van der Waals surface area (Å²) in [5.41, 5.74) is 0. The summed E-state index contributed by atoms with van der Waals surface area (Å²) in [6, 6.07) is 0.390. The average molecular weight is 202 g/mol. The lowest BCUT2D eigenvalue weighted by molar-refractivity contribution is 0.467. The van der Waals surface area contributed by atoms with Crippen molar-refractivity contribution in [3.05, 3.63) is 0 Å². The molecule has 0 aromatic carbocycles. The molecule has 0 amide bonds. The van der Waals surface area contributed by atoms with Crippen LogP contribution in [-0.4, -0.2) is 39.0 Å². The second-order valence-corrected chi connectivity index (χ2v) is 3.99. The smallest absolute Gasteiger partial charge is 0.177 e. The maximum atomic E-state index is 5.28. The summed E-state index contributed by atoms with van der Waals surface area (Å²) in [4.78, 5) is 5.13. The van der Waals surface area contributed by atoms with Crippen molar-refractivity contribution in [2.45, 2.75) is 26.8 Å². The van der Waals surface area contributed by atoms with Crippen LogP contribution >= 0.6 is 24.4 Å². The zero-order chi connectivity index (χ0) is 9.30. The highest BCUT2D eigenvalue weighted by Crippen LogP contribution is 2.14. The van der Waals surface area contributed by atoms with Crippen LogP contribution in [0.4, 0.5) is 0 Å². The lowest BCUT2D eigenvalue weighted by Gasteiger charge is -2.23. The number of hydrogen-bond donors (Lipinski definition) is 0. The summed E-state index contributed by atoms with van der Waals surface area (Å²) in [6.45, 7) is 8.08. The highest BCUT2D eigenvalue weighted by molar-refractivity contribution is 7.82. The monoisotopic (exact) mass is 202 g/mol. The Kier molecular flexibility index (Phi) is 3.01. The molecule has 0 bridgehead atoms. The lowest BCUT2D eigenvalue weighted by Crippen LogP contribution is -2.37. The standard InChI is InChI=1S/C8H14N2S2/c1-4-9-5-7(11)10(6(2)3)8(9)12/h6H,4-5H2,1-3H3. The van der Waals surface area contributed by atoms with Crippen molar-refractivity contribution < 1.29 is 0 Å². The zero-order valence-corrected chi connectivity index (χ0v) is 9.34. The van der Waals surface area contributed by atoms with Crippen LogP contribution in [0.1, 0.15) is 20.8 Å². The normalized spacial score (nSPS) is 18.3. The third-order valence-corrected chi connectivity index (χ3v) is 2.75. The molecule has 2 nitrogen and oxygen atoms in total. The molecule has 0 aromatic heterocycles. The first-order valence-corrected chi connectivity index (χ1v) is 5.00. The van der Waals surface area contributed by atoms with Crippen molar-refractivity contribution in [2.24, 2.45) is 0 Å². The van der Waals surface area contributed by atoms with Gasteiger partial charge in [-0.3, -0.25) is 0 Å². The molecule has 4 heteroatoms. The van der Waals surface area contributed by atoms with Gasteiger partial charge in [0.15, 0.2) is 5.11 Å². The van der Waals surface area contributed by atoms with E-state index in [1.165, 1.54) is 0 Å². The van der Waals surface area contributed by atoms with Gasteiger partial charge in [0.1, 0.15) is 4.99 Å². The first-order valence-electron chi connectivity index (χ1n) is 4.19. The molecule has 1 heterocycles.